The van der Waals surface area contributed by atoms with Gasteiger partial charge in [0.15, 0.2) is 5.69 Å². The fourth-order valence-corrected chi connectivity index (χ4v) is 3.46. The molecule has 134 valence electrons. The second-order valence-corrected chi connectivity index (χ2v) is 6.36. The van der Waals surface area contributed by atoms with E-state index in [1.807, 2.05) is 43.3 Å². The van der Waals surface area contributed by atoms with Crippen LogP contribution in [0.5, 0.6) is 0 Å². The van der Waals surface area contributed by atoms with Crippen LogP contribution in [-0.4, -0.2) is 25.6 Å². The fourth-order valence-electron chi connectivity index (χ4n) is 3.46. The molecule has 0 spiro atoms. The molecule has 0 fully saturated rings. The summed E-state index contributed by atoms with van der Waals surface area (Å²) in [5.41, 5.74) is 2.69. The van der Waals surface area contributed by atoms with Gasteiger partial charge in [-0.25, -0.2) is 9.78 Å². The van der Waals surface area contributed by atoms with E-state index in [-0.39, 0.29) is 5.69 Å². The van der Waals surface area contributed by atoms with Gasteiger partial charge in [-0.2, -0.15) is 0 Å². The number of aromatic carboxylic acids is 1. The van der Waals surface area contributed by atoms with Crippen LogP contribution in [0, 0.1) is 0 Å². The van der Waals surface area contributed by atoms with Crippen LogP contribution >= 0.6 is 0 Å². The number of nitrogens with zero attached hydrogens (tertiary/aromatic N) is 3. The molecule has 0 aliphatic heterocycles. The Balaban J connectivity index is 1.93. The van der Waals surface area contributed by atoms with E-state index in [1.165, 1.54) is 0 Å². The SMILES string of the molecule is CCc1nc(-c2cccnc2)n(Cc2cccc3ccccc23)c1C(=O)O. The predicted octanol–water partition coefficient (Wildman–Crippen LogP) is 4.41. The van der Waals surface area contributed by atoms with Gasteiger partial charge in [-0.05, 0) is 34.9 Å². The van der Waals surface area contributed by atoms with E-state index in [9.17, 15) is 9.90 Å². The first-order valence-electron chi connectivity index (χ1n) is 8.88. The van der Waals surface area contributed by atoms with E-state index in [4.69, 9.17) is 0 Å². The molecule has 2 aromatic carbocycles. The van der Waals surface area contributed by atoms with Crippen molar-refractivity contribution in [2.45, 2.75) is 19.9 Å². The minimum Gasteiger partial charge on any atom is -0.477 e. The van der Waals surface area contributed by atoms with Crippen LogP contribution in [0.25, 0.3) is 22.2 Å². The molecule has 2 aromatic heterocycles. The van der Waals surface area contributed by atoms with E-state index >= 15 is 0 Å². The van der Waals surface area contributed by atoms with Crippen molar-refractivity contribution < 1.29 is 9.90 Å². The summed E-state index contributed by atoms with van der Waals surface area (Å²) in [7, 11) is 0. The molecule has 0 radical (unpaired) electrons. The summed E-state index contributed by atoms with van der Waals surface area (Å²) in [6.07, 6.45) is 3.96. The molecular formula is C22H19N3O2. The van der Waals surface area contributed by atoms with Gasteiger partial charge >= 0.3 is 5.97 Å². The van der Waals surface area contributed by atoms with Crippen molar-refractivity contribution in [3.63, 3.8) is 0 Å². The molecule has 27 heavy (non-hydrogen) atoms. The number of hydrogen-bond acceptors (Lipinski definition) is 3. The van der Waals surface area contributed by atoms with Gasteiger partial charge in [0.2, 0.25) is 0 Å². The third-order valence-electron chi connectivity index (χ3n) is 4.71. The maximum Gasteiger partial charge on any atom is 0.354 e. The maximum atomic E-state index is 12.0. The third kappa shape index (κ3) is 3.08. The highest BCUT2D eigenvalue weighted by Crippen LogP contribution is 2.26. The van der Waals surface area contributed by atoms with Crippen LogP contribution < -0.4 is 0 Å². The molecule has 0 aliphatic rings. The topological polar surface area (TPSA) is 68.0 Å². The van der Waals surface area contributed by atoms with Crippen LogP contribution in [0.2, 0.25) is 0 Å². The summed E-state index contributed by atoms with van der Waals surface area (Å²) in [4.78, 5) is 20.8. The molecule has 0 unspecified atom stereocenters. The zero-order valence-corrected chi connectivity index (χ0v) is 15.0. The summed E-state index contributed by atoms with van der Waals surface area (Å²) in [6, 6.07) is 17.9. The molecule has 0 amide bonds. The van der Waals surface area contributed by atoms with Crippen molar-refractivity contribution in [3.8, 4) is 11.4 Å². The van der Waals surface area contributed by atoms with Crippen molar-refractivity contribution in [1.29, 1.82) is 0 Å². The number of carbonyl (C=O) groups is 1. The van der Waals surface area contributed by atoms with E-state index in [0.29, 0.717) is 24.5 Å². The number of rotatable bonds is 5. The van der Waals surface area contributed by atoms with Crippen molar-refractivity contribution in [3.05, 3.63) is 83.9 Å². The second kappa shape index (κ2) is 7.03. The maximum absolute atomic E-state index is 12.0. The van der Waals surface area contributed by atoms with Crippen molar-refractivity contribution in [1.82, 2.24) is 14.5 Å². The van der Waals surface area contributed by atoms with Crippen LogP contribution in [0.15, 0.2) is 67.0 Å². The Labute approximate surface area is 157 Å². The van der Waals surface area contributed by atoms with Crippen molar-refractivity contribution in [2.75, 3.05) is 0 Å². The van der Waals surface area contributed by atoms with Gasteiger partial charge in [-0.1, -0.05) is 49.4 Å². The molecular weight excluding hydrogens is 338 g/mol. The average molecular weight is 357 g/mol. The number of carboxylic acids is 1. The molecule has 0 saturated heterocycles. The lowest BCUT2D eigenvalue weighted by Gasteiger charge is -2.13. The normalized spacial score (nSPS) is 11.0. The second-order valence-electron chi connectivity index (χ2n) is 6.36. The number of imidazole rings is 1. The lowest BCUT2D eigenvalue weighted by molar-refractivity contribution is 0.0684. The molecule has 1 N–H and O–H groups in total. The van der Waals surface area contributed by atoms with E-state index in [2.05, 4.69) is 28.2 Å². The van der Waals surface area contributed by atoms with Gasteiger partial charge in [0, 0.05) is 18.0 Å². The summed E-state index contributed by atoms with van der Waals surface area (Å²) < 4.78 is 1.79. The van der Waals surface area contributed by atoms with Gasteiger partial charge in [0.05, 0.1) is 12.2 Å². The third-order valence-corrected chi connectivity index (χ3v) is 4.71. The highest BCUT2D eigenvalue weighted by molar-refractivity contribution is 5.89. The standard InChI is InChI=1S/C22H19N3O2/c1-2-19-20(22(26)27)25(21(24-19)16-10-6-12-23-13-16)14-17-9-5-8-15-7-3-4-11-18(15)17/h3-13H,2,14H2,1H3,(H,26,27). The molecule has 5 heteroatoms. The van der Waals surface area contributed by atoms with Gasteiger partial charge in [0.25, 0.3) is 0 Å². The Bertz CT molecular complexity index is 1110. The highest BCUT2D eigenvalue weighted by Gasteiger charge is 2.23. The molecule has 5 nitrogen and oxygen atoms in total. The number of aromatic nitrogens is 3. The Morgan fingerprint density at radius 3 is 2.63 bits per heavy atom. The van der Waals surface area contributed by atoms with Crippen LogP contribution in [0.1, 0.15) is 28.7 Å². The van der Waals surface area contributed by atoms with Crippen molar-refractivity contribution >= 4 is 16.7 Å². The van der Waals surface area contributed by atoms with Crippen LogP contribution in [0.4, 0.5) is 0 Å². The zero-order valence-electron chi connectivity index (χ0n) is 15.0. The lowest BCUT2D eigenvalue weighted by Crippen LogP contribution is -2.12. The minimum absolute atomic E-state index is 0.240. The number of carboxylic acid groups (broad SMARTS) is 1. The fraction of sp³-hybridized carbons (Fsp3) is 0.136. The number of pyridine rings is 1. The number of fused-ring (bicyclic) bond motifs is 1. The van der Waals surface area contributed by atoms with Gasteiger partial charge < -0.3 is 9.67 Å². The van der Waals surface area contributed by atoms with Gasteiger partial charge in [-0.15, -0.1) is 0 Å². The summed E-state index contributed by atoms with van der Waals surface area (Å²) in [5.74, 6) is -0.333. The highest BCUT2D eigenvalue weighted by atomic mass is 16.4. The van der Waals surface area contributed by atoms with Gasteiger partial charge in [-0.3, -0.25) is 4.98 Å². The average Bonchev–Trinajstić information content (AvgIpc) is 3.07. The zero-order chi connectivity index (χ0) is 18.8. The van der Waals surface area contributed by atoms with Crippen molar-refractivity contribution in [2.24, 2.45) is 0 Å². The number of aryl methyl sites for hydroxylation is 1. The monoisotopic (exact) mass is 357 g/mol. The molecule has 0 bridgehead atoms. The number of hydrogen-bond donors (Lipinski definition) is 1. The van der Waals surface area contributed by atoms with E-state index < -0.39 is 5.97 Å². The lowest BCUT2D eigenvalue weighted by atomic mass is 10.0. The first-order valence-corrected chi connectivity index (χ1v) is 8.88. The van der Waals surface area contributed by atoms with Gasteiger partial charge in [0.1, 0.15) is 5.82 Å². The Hall–Kier alpha value is -3.47. The summed E-state index contributed by atoms with van der Waals surface area (Å²) in [6.45, 7) is 2.35. The molecule has 0 aliphatic carbocycles. The van der Waals surface area contributed by atoms with E-state index in [1.54, 1.807) is 17.0 Å². The smallest absolute Gasteiger partial charge is 0.354 e. The first-order chi connectivity index (χ1) is 13.2. The summed E-state index contributed by atoms with van der Waals surface area (Å²) in [5, 5.41) is 12.1. The van der Waals surface area contributed by atoms with Crippen LogP contribution in [-0.2, 0) is 13.0 Å². The first kappa shape index (κ1) is 17.0. The number of benzene rings is 2. The molecule has 2 heterocycles. The Morgan fingerprint density at radius 2 is 1.89 bits per heavy atom. The largest absolute Gasteiger partial charge is 0.477 e. The molecule has 0 saturated carbocycles. The Morgan fingerprint density at radius 1 is 1.07 bits per heavy atom. The molecule has 0 atom stereocenters. The predicted molar refractivity (Wildman–Crippen MR) is 105 cm³/mol. The van der Waals surface area contributed by atoms with E-state index in [0.717, 1.165) is 21.9 Å². The minimum atomic E-state index is -0.963. The summed E-state index contributed by atoms with van der Waals surface area (Å²) >= 11 is 0. The molecule has 4 aromatic rings. The van der Waals surface area contributed by atoms with Crippen LogP contribution in [0.3, 0.4) is 0 Å². The Kier molecular flexibility index (Phi) is 4.42. The molecule has 4 rings (SSSR count). The quantitative estimate of drug-likeness (QED) is 0.574.